The summed E-state index contributed by atoms with van der Waals surface area (Å²) in [5.74, 6) is 0.568. The second-order valence-electron chi connectivity index (χ2n) is 2.49. The van der Waals surface area contributed by atoms with Crippen LogP contribution in [0.25, 0.3) is 0 Å². The van der Waals surface area contributed by atoms with Gasteiger partial charge in [-0.05, 0) is 19.1 Å². The van der Waals surface area contributed by atoms with Crippen molar-refractivity contribution in [2.75, 3.05) is 13.2 Å². The lowest BCUT2D eigenvalue weighted by Crippen LogP contribution is -2.24. The zero-order valence-corrected chi connectivity index (χ0v) is 7.58. The van der Waals surface area contributed by atoms with Gasteiger partial charge in [0.25, 0.3) is 0 Å². The minimum absolute atomic E-state index is 0.217. The second kappa shape index (κ2) is 5.37. The minimum Gasteiger partial charge on any atom is -0.468 e. The molecular weight excluding hydrogens is 170 g/mol. The molecule has 1 aromatic heterocycles. The minimum atomic E-state index is -0.242. The molecule has 1 aromatic rings. The van der Waals surface area contributed by atoms with Crippen LogP contribution in [-0.4, -0.2) is 19.1 Å². The first kappa shape index (κ1) is 9.80. The molecule has 0 atom stereocenters. The summed E-state index contributed by atoms with van der Waals surface area (Å²) in [6, 6.07) is 3.65. The second-order valence-corrected chi connectivity index (χ2v) is 2.49. The molecule has 72 valence electrons. The first-order valence-corrected chi connectivity index (χ1v) is 4.21. The van der Waals surface area contributed by atoms with Gasteiger partial charge in [0, 0.05) is 0 Å². The number of hydrogen-bond acceptors (Lipinski definition) is 4. The van der Waals surface area contributed by atoms with Crippen LogP contribution in [0.15, 0.2) is 22.8 Å². The van der Waals surface area contributed by atoms with E-state index >= 15 is 0 Å². The largest absolute Gasteiger partial charge is 0.468 e. The number of nitrogens with one attached hydrogen (secondary N) is 1. The molecule has 1 N–H and O–H groups in total. The Bertz CT molecular complexity index is 243. The van der Waals surface area contributed by atoms with E-state index < -0.39 is 0 Å². The molecule has 0 saturated heterocycles. The monoisotopic (exact) mass is 183 g/mol. The van der Waals surface area contributed by atoms with Crippen LogP contribution >= 0.6 is 0 Å². The standard InChI is InChI=1S/C9H13NO3/c1-2-12-9(11)7-10-6-8-4-3-5-13-8/h3-5,10H,2,6-7H2,1H3. The van der Waals surface area contributed by atoms with Crippen LogP contribution < -0.4 is 5.32 Å². The molecular formula is C9H13NO3. The van der Waals surface area contributed by atoms with Gasteiger partial charge in [-0.2, -0.15) is 0 Å². The average molecular weight is 183 g/mol. The zero-order chi connectivity index (χ0) is 9.52. The van der Waals surface area contributed by atoms with Gasteiger partial charge in [-0.1, -0.05) is 0 Å². The number of hydrogen-bond donors (Lipinski definition) is 1. The third-order valence-corrected chi connectivity index (χ3v) is 1.45. The predicted molar refractivity (Wildman–Crippen MR) is 47.0 cm³/mol. The lowest BCUT2D eigenvalue weighted by molar-refractivity contribution is -0.142. The predicted octanol–water partition coefficient (Wildman–Crippen LogP) is 0.932. The molecule has 0 aliphatic carbocycles. The van der Waals surface area contributed by atoms with Crippen LogP contribution in [0, 0.1) is 0 Å². The van der Waals surface area contributed by atoms with Gasteiger partial charge < -0.3 is 9.15 Å². The van der Waals surface area contributed by atoms with Gasteiger partial charge in [0.2, 0.25) is 0 Å². The third kappa shape index (κ3) is 3.75. The van der Waals surface area contributed by atoms with Gasteiger partial charge in [0.15, 0.2) is 0 Å². The molecule has 1 rings (SSSR count). The number of carbonyl (C=O) groups excluding carboxylic acids is 1. The zero-order valence-electron chi connectivity index (χ0n) is 7.58. The van der Waals surface area contributed by atoms with Gasteiger partial charge >= 0.3 is 5.97 Å². The Balaban J connectivity index is 2.11. The average Bonchev–Trinajstić information content (AvgIpc) is 2.57. The van der Waals surface area contributed by atoms with Crippen LogP contribution in [-0.2, 0) is 16.1 Å². The van der Waals surface area contributed by atoms with E-state index in [4.69, 9.17) is 9.15 Å². The molecule has 0 unspecified atom stereocenters. The van der Waals surface area contributed by atoms with E-state index in [0.717, 1.165) is 5.76 Å². The lowest BCUT2D eigenvalue weighted by atomic mass is 10.4. The van der Waals surface area contributed by atoms with Crippen molar-refractivity contribution in [3.63, 3.8) is 0 Å². The molecule has 0 spiro atoms. The van der Waals surface area contributed by atoms with Crippen LogP contribution in [0.1, 0.15) is 12.7 Å². The maximum Gasteiger partial charge on any atom is 0.319 e. The Morgan fingerprint density at radius 1 is 1.69 bits per heavy atom. The highest BCUT2D eigenvalue weighted by atomic mass is 16.5. The van der Waals surface area contributed by atoms with Crippen LogP contribution in [0.4, 0.5) is 0 Å². The Morgan fingerprint density at radius 3 is 3.15 bits per heavy atom. The Morgan fingerprint density at radius 2 is 2.54 bits per heavy atom. The number of rotatable bonds is 5. The van der Waals surface area contributed by atoms with Crippen molar-refractivity contribution >= 4 is 5.97 Å². The summed E-state index contributed by atoms with van der Waals surface area (Å²) in [7, 11) is 0. The molecule has 0 aliphatic rings. The molecule has 0 amide bonds. The van der Waals surface area contributed by atoms with E-state index in [1.54, 1.807) is 19.3 Å². The summed E-state index contributed by atoms with van der Waals surface area (Å²) < 4.78 is 9.79. The van der Waals surface area contributed by atoms with Crippen molar-refractivity contribution in [1.29, 1.82) is 0 Å². The van der Waals surface area contributed by atoms with Crippen molar-refractivity contribution < 1.29 is 13.9 Å². The molecule has 0 fully saturated rings. The summed E-state index contributed by atoms with van der Waals surface area (Å²) in [4.78, 5) is 10.9. The SMILES string of the molecule is CCOC(=O)CNCc1ccco1. The van der Waals surface area contributed by atoms with Crippen molar-refractivity contribution in [3.05, 3.63) is 24.2 Å². The van der Waals surface area contributed by atoms with Crippen LogP contribution in [0.5, 0.6) is 0 Å². The molecule has 0 bridgehead atoms. The molecule has 0 radical (unpaired) electrons. The summed E-state index contributed by atoms with van der Waals surface area (Å²) >= 11 is 0. The van der Waals surface area contributed by atoms with Gasteiger partial charge in [0.05, 0.1) is 26.0 Å². The van der Waals surface area contributed by atoms with E-state index in [2.05, 4.69) is 5.32 Å². The fourth-order valence-electron chi connectivity index (χ4n) is 0.913. The highest BCUT2D eigenvalue weighted by Gasteiger charge is 2.00. The van der Waals surface area contributed by atoms with E-state index in [1.807, 2.05) is 6.07 Å². The van der Waals surface area contributed by atoms with E-state index in [9.17, 15) is 4.79 Å². The summed E-state index contributed by atoms with van der Waals surface area (Å²) in [6.07, 6.45) is 1.60. The molecule has 4 nitrogen and oxygen atoms in total. The first-order valence-electron chi connectivity index (χ1n) is 4.21. The Labute approximate surface area is 76.9 Å². The van der Waals surface area contributed by atoms with E-state index in [-0.39, 0.29) is 12.5 Å². The maximum atomic E-state index is 10.9. The Hall–Kier alpha value is -1.29. The van der Waals surface area contributed by atoms with Crippen LogP contribution in [0.3, 0.4) is 0 Å². The fourth-order valence-corrected chi connectivity index (χ4v) is 0.913. The summed E-state index contributed by atoms with van der Waals surface area (Å²) in [6.45, 7) is 2.96. The van der Waals surface area contributed by atoms with Gasteiger partial charge in [-0.25, -0.2) is 0 Å². The maximum absolute atomic E-state index is 10.9. The quantitative estimate of drug-likeness (QED) is 0.690. The molecule has 0 aliphatic heterocycles. The van der Waals surface area contributed by atoms with Crippen molar-refractivity contribution in [2.45, 2.75) is 13.5 Å². The normalized spacial score (nSPS) is 9.92. The Kier molecular flexibility index (Phi) is 4.05. The number of furan rings is 1. The lowest BCUT2D eigenvalue weighted by Gasteiger charge is -2.01. The number of ether oxygens (including phenoxy) is 1. The van der Waals surface area contributed by atoms with Crippen molar-refractivity contribution in [3.8, 4) is 0 Å². The highest BCUT2D eigenvalue weighted by Crippen LogP contribution is 1.97. The topological polar surface area (TPSA) is 51.5 Å². The highest BCUT2D eigenvalue weighted by molar-refractivity contribution is 5.71. The van der Waals surface area contributed by atoms with Gasteiger partial charge in [0.1, 0.15) is 5.76 Å². The van der Waals surface area contributed by atoms with E-state index in [1.165, 1.54) is 0 Å². The molecule has 13 heavy (non-hydrogen) atoms. The molecule has 4 heteroatoms. The third-order valence-electron chi connectivity index (χ3n) is 1.45. The fraction of sp³-hybridized carbons (Fsp3) is 0.444. The number of esters is 1. The first-order chi connectivity index (χ1) is 6.33. The summed E-state index contributed by atoms with van der Waals surface area (Å²) in [5.41, 5.74) is 0. The van der Waals surface area contributed by atoms with Crippen molar-refractivity contribution in [1.82, 2.24) is 5.32 Å². The van der Waals surface area contributed by atoms with Crippen LogP contribution in [0.2, 0.25) is 0 Å². The summed E-state index contributed by atoms with van der Waals surface area (Å²) in [5, 5.41) is 2.90. The van der Waals surface area contributed by atoms with Gasteiger partial charge in [-0.15, -0.1) is 0 Å². The molecule has 0 saturated carbocycles. The van der Waals surface area contributed by atoms with Crippen molar-refractivity contribution in [2.24, 2.45) is 0 Å². The number of carbonyl (C=O) groups is 1. The molecule has 0 aromatic carbocycles. The smallest absolute Gasteiger partial charge is 0.319 e. The van der Waals surface area contributed by atoms with Gasteiger partial charge in [-0.3, -0.25) is 10.1 Å². The van der Waals surface area contributed by atoms with E-state index in [0.29, 0.717) is 13.2 Å². The molecule has 1 heterocycles.